The molecule has 0 fully saturated rings. The Bertz CT molecular complexity index is 599. The van der Waals surface area contributed by atoms with Crippen molar-refractivity contribution >= 4 is 23.4 Å². The van der Waals surface area contributed by atoms with Gasteiger partial charge < -0.3 is 5.32 Å². The van der Waals surface area contributed by atoms with Crippen LogP contribution < -0.4 is 5.32 Å². The fourth-order valence-electron chi connectivity index (χ4n) is 1.95. The van der Waals surface area contributed by atoms with Gasteiger partial charge in [-0.2, -0.15) is 0 Å². The second-order valence-corrected chi connectivity index (χ2v) is 6.75. The van der Waals surface area contributed by atoms with E-state index in [1.807, 2.05) is 24.4 Å². The number of nitrogens with one attached hydrogen (secondary N) is 1. The van der Waals surface area contributed by atoms with Crippen LogP contribution in [0.1, 0.15) is 30.5 Å². The van der Waals surface area contributed by atoms with Crippen molar-refractivity contribution in [3.63, 3.8) is 0 Å². The summed E-state index contributed by atoms with van der Waals surface area (Å²) in [5, 5.41) is 5.30. The first kappa shape index (κ1) is 16.3. The number of nitrogens with zero attached hydrogens (tertiary/aromatic N) is 1. The molecule has 0 unspecified atom stereocenters. The summed E-state index contributed by atoms with van der Waals surface area (Å²) in [4.78, 5) is 4.58. The third-order valence-electron chi connectivity index (χ3n) is 3.12. The van der Waals surface area contributed by atoms with Gasteiger partial charge in [0.2, 0.25) is 0 Å². The van der Waals surface area contributed by atoms with Gasteiger partial charge in [-0.05, 0) is 29.7 Å². The molecule has 112 valence electrons. The minimum atomic E-state index is 0.486. The molecule has 1 aromatic heterocycles. The molecular formula is C17H21ClN2S. The maximum absolute atomic E-state index is 6.18. The Balaban J connectivity index is 1.99. The molecule has 4 heteroatoms. The summed E-state index contributed by atoms with van der Waals surface area (Å²) >= 11 is 7.92. The van der Waals surface area contributed by atoms with E-state index >= 15 is 0 Å². The average molecular weight is 321 g/mol. The number of benzene rings is 1. The van der Waals surface area contributed by atoms with E-state index in [0.717, 1.165) is 27.9 Å². The molecule has 1 N–H and O–H groups in total. The Morgan fingerprint density at radius 1 is 1.29 bits per heavy atom. The quantitative estimate of drug-likeness (QED) is 0.771. The zero-order valence-electron chi connectivity index (χ0n) is 12.7. The molecular weight excluding hydrogens is 300 g/mol. The van der Waals surface area contributed by atoms with Gasteiger partial charge in [-0.15, -0.1) is 11.8 Å². The van der Waals surface area contributed by atoms with Gasteiger partial charge in [0.1, 0.15) is 0 Å². The molecule has 2 rings (SSSR count). The second kappa shape index (κ2) is 7.83. The fraction of sp³-hybridized carbons (Fsp3) is 0.353. The fourth-order valence-corrected chi connectivity index (χ4v) is 3.19. The van der Waals surface area contributed by atoms with E-state index in [4.69, 9.17) is 11.6 Å². The highest BCUT2D eigenvalue weighted by molar-refractivity contribution is 7.98. The van der Waals surface area contributed by atoms with Crippen molar-refractivity contribution < 1.29 is 0 Å². The van der Waals surface area contributed by atoms with Crippen molar-refractivity contribution in [2.45, 2.75) is 44.1 Å². The van der Waals surface area contributed by atoms with Crippen molar-refractivity contribution in [3.8, 4) is 0 Å². The van der Waals surface area contributed by atoms with Crippen molar-refractivity contribution in [3.05, 3.63) is 58.2 Å². The zero-order valence-corrected chi connectivity index (χ0v) is 14.3. The van der Waals surface area contributed by atoms with Crippen LogP contribution in [0.3, 0.4) is 0 Å². The summed E-state index contributed by atoms with van der Waals surface area (Å²) in [5.41, 5.74) is 3.59. The zero-order chi connectivity index (χ0) is 15.2. The number of aryl methyl sites for hydroxylation is 1. The molecule has 0 saturated carbocycles. The summed E-state index contributed by atoms with van der Waals surface area (Å²) in [7, 11) is 0. The highest BCUT2D eigenvalue weighted by atomic mass is 35.5. The molecule has 1 heterocycles. The van der Waals surface area contributed by atoms with Crippen LogP contribution in [0.2, 0.25) is 5.02 Å². The van der Waals surface area contributed by atoms with Gasteiger partial charge in [0.25, 0.3) is 0 Å². The second-order valence-electron chi connectivity index (χ2n) is 5.38. The lowest BCUT2D eigenvalue weighted by Gasteiger charge is -2.10. The summed E-state index contributed by atoms with van der Waals surface area (Å²) in [5.74, 6) is 0.844. The first-order valence-electron chi connectivity index (χ1n) is 7.11. The van der Waals surface area contributed by atoms with Gasteiger partial charge in [-0.3, -0.25) is 0 Å². The van der Waals surface area contributed by atoms with Gasteiger partial charge in [0.05, 0.1) is 5.03 Å². The number of hydrogen-bond acceptors (Lipinski definition) is 3. The Morgan fingerprint density at radius 3 is 2.71 bits per heavy atom. The normalized spacial score (nSPS) is 11.1. The lowest BCUT2D eigenvalue weighted by atomic mass is 10.2. The molecule has 2 aromatic rings. The van der Waals surface area contributed by atoms with Crippen LogP contribution in [0, 0.1) is 6.92 Å². The number of aromatic nitrogens is 1. The van der Waals surface area contributed by atoms with Crippen LogP contribution in [0.25, 0.3) is 0 Å². The number of thioether (sulfide) groups is 1. The molecule has 2 nitrogen and oxygen atoms in total. The molecule has 21 heavy (non-hydrogen) atoms. The van der Waals surface area contributed by atoms with E-state index in [-0.39, 0.29) is 0 Å². The lowest BCUT2D eigenvalue weighted by molar-refractivity contribution is 0.587. The Kier molecular flexibility index (Phi) is 6.09. The molecule has 0 saturated heterocycles. The first-order chi connectivity index (χ1) is 10.1. The third kappa shape index (κ3) is 5.03. The van der Waals surface area contributed by atoms with E-state index in [0.29, 0.717) is 6.04 Å². The van der Waals surface area contributed by atoms with E-state index < -0.39 is 0 Å². The Hall–Kier alpha value is -1.03. The molecule has 0 aliphatic carbocycles. The number of halogens is 1. The summed E-state index contributed by atoms with van der Waals surface area (Å²) in [6.07, 6.45) is 1.96. The van der Waals surface area contributed by atoms with Crippen molar-refractivity contribution in [1.29, 1.82) is 0 Å². The van der Waals surface area contributed by atoms with Crippen LogP contribution in [0.15, 0.2) is 41.6 Å². The molecule has 0 spiro atoms. The van der Waals surface area contributed by atoms with Crippen LogP contribution in [0.4, 0.5) is 0 Å². The summed E-state index contributed by atoms with van der Waals surface area (Å²) in [6.45, 7) is 7.27. The van der Waals surface area contributed by atoms with Gasteiger partial charge >= 0.3 is 0 Å². The van der Waals surface area contributed by atoms with E-state index in [1.54, 1.807) is 11.8 Å². The molecule has 0 atom stereocenters. The maximum Gasteiger partial charge on any atom is 0.0992 e. The third-order valence-corrected chi connectivity index (χ3v) is 4.65. The number of hydrogen-bond donors (Lipinski definition) is 1. The predicted octanol–water partition coefficient (Wildman–Crippen LogP) is 4.83. The van der Waals surface area contributed by atoms with Crippen LogP contribution in [0.5, 0.6) is 0 Å². The average Bonchev–Trinajstić information content (AvgIpc) is 2.45. The molecule has 0 radical (unpaired) electrons. The van der Waals surface area contributed by atoms with Crippen LogP contribution in [-0.2, 0) is 12.3 Å². The standard InChI is InChI=1S/C17H21ClN2S/c1-12(2)19-9-14-8-13(3)17(20-10-14)21-11-15-6-4-5-7-16(15)18/h4-8,10,12,19H,9,11H2,1-3H3. The highest BCUT2D eigenvalue weighted by Crippen LogP contribution is 2.27. The lowest BCUT2D eigenvalue weighted by Crippen LogP contribution is -2.21. The SMILES string of the molecule is Cc1cc(CNC(C)C)cnc1SCc1ccccc1Cl. The van der Waals surface area contributed by atoms with E-state index in [1.165, 1.54) is 11.1 Å². The smallest absolute Gasteiger partial charge is 0.0992 e. The highest BCUT2D eigenvalue weighted by Gasteiger charge is 2.06. The number of pyridine rings is 1. The topological polar surface area (TPSA) is 24.9 Å². The maximum atomic E-state index is 6.18. The van der Waals surface area contributed by atoms with Crippen molar-refractivity contribution in [1.82, 2.24) is 10.3 Å². The first-order valence-corrected chi connectivity index (χ1v) is 8.47. The predicted molar refractivity (Wildman–Crippen MR) is 92.0 cm³/mol. The minimum Gasteiger partial charge on any atom is -0.310 e. The van der Waals surface area contributed by atoms with E-state index in [2.05, 4.69) is 43.2 Å². The van der Waals surface area contributed by atoms with Gasteiger partial charge in [0, 0.05) is 29.6 Å². The molecule has 0 bridgehead atoms. The van der Waals surface area contributed by atoms with Gasteiger partial charge in [-0.1, -0.05) is 49.7 Å². The molecule has 0 aliphatic heterocycles. The van der Waals surface area contributed by atoms with Crippen molar-refractivity contribution in [2.24, 2.45) is 0 Å². The Labute approximate surface area is 136 Å². The monoisotopic (exact) mass is 320 g/mol. The van der Waals surface area contributed by atoms with Gasteiger partial charge in [0.15, 0.2) is 0 Å². The molecule has 0 aliphatic rings. The molecule has 0 amide bonds. The Morgan fingerprint density at radius 2 is 2.05 bits per heavy atom. The summed E-state index contributed by atoms with van der Waals surface area (Å²) < 4.78 is 0. The number of rotatable bonds is 6. The van der Waals surface area contributed by atoms with Crippen LogP contribution >= 0.6 is 23.4 Å². The van der Waals surface area contributed by atoms with E-state index in [9.17, 15) is 0 Å². The van der Waals surface area contributed by atoms with Crippen molar-refractivity contribution in [2.75, 3.05) is 0 Å². The largest absolute Gasteiger partial charge is 0.310 e. The minimum absolute atomic E-state index is 0.486. The van der Waals surface area contributed by atoms with Crippen LogP contribution in [-0.4, -0.2) is 11.0 Å². The van der Waals surface area contributed by atoms with Gasteiger partial charge in [-0.25, -0.2) is 4.98 Å². The molecule has 1 aromatic carbocycles. The summed E-state index contributed by atoms with van der Waals surface area (Å²) in [6, 6.07) is 10.7.